The number of methoxy groups -OCH3 is 1. The van der Waals surface area contributed by atoms with Crippen LogP contribution in [0.1, 0.15) is 16.1 Å². The number of carbonyl (C=O) groups is 1. The van der Waals surface area contributed by atoms with E-state index in [-0.39, 0.29) is 28.4 Å². The van der Waals surface area contributed by atoms with Crippen molar-refractivity contribution in [2.75, 3.05) is 13.4 Å². The first-order chi connectivity index (χ1) is 13.8. The predicted octanol–water partition coefficient (Wildman–Crippen LogP) is 3.23. The van der Waals surface area contributed by atoms with Crippen LogP contribution in [0.4, 0.5) is 4.39 Å². The van der Waals surface area contributed by atoms with E-state index >= 15 is 0 Å². The van der Waals surface area contributed by atoms with Gasteiger partial charge in [-0.2, -0.15) is 0 Å². The van der Waals surface area contributed by atoms with Crippen LogP contribution in [-0.4, -0.2) is 32.7 Å². The molecule has 0 bridgehead atoms. The van der Waals surface area contributed by atoms with Gasteiger partial charge in [-0.15, -0.1) is 0 Å². The maximum absolute atomic E-state index is 14.5. The Balaban J connectivity index is 1.75. The van der Waals surface area contributed by atoms with Gasteiger partial charge in [-0.25, -0.2) is 17.8 Å². The number of carbonyl (C=O) groups excluding carboxylic acids is 1. The molecule has 3 rings (SSSR count). The molecule has 3 aromatic rings. The summed E-state index contributed by atoms with van der Waals surface area (Å²) in [6.07, 6.45) is 1.13. The van der Waals surface area contributed by atoms with E-state index < -0.39 is 21.6 Å². The lowest BCUT2D eigenvalue weighted by Crippen LogP contribution is -2.23. The van der Waals surface area contributed by atoms with Gasteiger partial charge in [-0.3, -0.25) is 4.79 Å². The van der Waals surface area contributed by atoms with Crippen LogP contribution in [0.2, 0.25) is 0 Å². The molecule has 0 aliphatic rings. The van der Waals surface area contributed by atoms with Crippen molar-refractivity contribution >= 4 is 15.7 Å². The van der Waals surface area contributed by atoms with Gasteiger partial charge in [0.15, 0.2) is 21.4 Å². The number of ether oxygens (including phenoxy) is 1. The Hall–Kier alpha value is -3.26. The average molecular weight is 414 g/mol. The molecular weight excluding hydrogens is 395 g/mol. The Morgan fingerprint density at radius 1 is 1.07 bits per heavy atom. The fourth-order valence-corrected chi connectivity index (χ4v) is 3.34. The van der Waals surface area contributed by atoms with Crippen molar-refractivity contribution in [1.29, 1.82) is 0 Å². The van der Waals surface area contributed by atoms with Crippen LogP contribution >= 0.6 is 0 Å². The summed E-state index contributed by atoms with van der Waals surface area (Å²) in [6.45, 7) is 0.197. The van der Waals surface area contributed by atoms with Gasteiger partial charge in [-0.1, -0.05) is 24.3 Å². The van der Waals surface area contributed by atoms with E-state index in [1.807, 2.05) is 0 Å². The molecule has 0 radical (unpaired) electrons. The lowest BCUT2D eigenvalue weighted by Gasteiger charge is -2.09. The topological polar surface area (TPSA) is 85.4 Å². The number of rotatable bonds is 6. The molecule has 0 saturated carbocycles. The molecule has 2 aromatic carbocycles. The smallest absolute Gasteiger partial charge is 0.270 e. The highest BCUT2D eigenvalue weighted by Gasteiger charge is 2.14. The van der Waals surface area contributed by atoms with Crippen LogP contribution in [0.25, 0.3) is 11.3 Å². The number of halogens is 1. The summed E-state index contributed by atoms with van der Waals surface area (Å²) in [4.78, 5) is 16.9. The molecule has 6 nitrogen and oxygen atoms in total. The van der Waals surface area contributed by atoms with Crippen molar-refractivity contribution < 1.29 is 22.3 Å². The molecule has 8 heteroatoms. The number of hydrogen-bond donors (Lipinski definition) is 1. The summed E-state index contributed by atoms with van der Waals surface area (Å²) in [7, 11) is -1.89. The molecule has 1 amide bonds. The summed E-state index contributed by atoms with van der Waals surface area (Å²) in [6, 6.07) is 15.7. The summed E-state index contributed by atoms with van der Waals surface area (Å²) in [5.74, 6) is -0.884. The summed E-state index contributed by atoms with van der Waals surface area (Å²) in [5.41, 5.74) is 1.42. The van der Waals surface area contributed by atoms with Gasteiger partial charge in [0, 0.05) is 18.4 Å². The highest BCUT2D eigenvalue weighted by Crippen LogP contribution is 2.27. The molecule has 1 heterocycles. The van der Waals surface area contributed by atoms with E-state index in [0.717, 1.165) is 11.8 Å². The number of pyridine rings is 1. The Labute approximate surface area is 168 Å². The molecule has 1 aromatic heterocycles. The summed E-state index contributed by atoms with van der Waals surface area (Å²) >= 11 is 0. The fraction of sp³-hybridized carbons (Fsp3) is 0.143. The van der Waals surface area contributed by atoms with Crippen molar-refractivity contribution in [2.24, 2.45) is 0 Å². The predicted molar refractivity (Wildman–Crippen MR) is 107 cm³/mol. The number of nitrogens with one attached hydrogen (secondary N) is 1. The Morgan fingerprint density at radius 3 is 2.41 bits per heavy atom. The lowest BCUT2D eigenvalue weighted by atomic mass is 10.1. The highest BCUT2D eigenvalue weighted by atomic mass is 32.2. The zero-order chi connectivity index (χ0) is 21.0. The summed E-state index contributed by atoms with van der Waals surface area (Å²) < 4.78 is 42.4. The molecule has 150 valence electrons. The van der Waals surface area contributed by atoms with E-state index in [0.29, 0.717) is 5.69 Å². The SMILES string of the molecule is COc1cccc(-c2cccc(C(=O)NCc3ccc(S(C)(=O)=O)cc3)n2)c1F. The first-order valence-electron chi connectivity index (χ1n) is 8.66. The van der Waals surface area contributed by atoms with Crippen LogP contribution in [0.3, 0.4) is 0 Å². The molecule has 0 fully saturated rings. The van der Waals surface area contributed by atoms with Crippen LogP contribution in [0.5, 0.6) is 5.75 Å². The van der Waals surface area contributed by atoms with Gasteiger partial charge in [0.1, 0.15) is 5.69 Å². The minimum absolute atomic E-state index is 0.0942. The third-order valence-electron chi connectivity index (χ3n) is 4.25. The van der Waals surface area contributed by atoms with Crippen LogP contribution in [-0.2, 0) is 16.4 Å². The molecule has 0 spiro atoms. The average Bonchev–Trinajstić information content (AvgIpc) is 2.72. The Kier molecular flexibility index (Phi) is 5.93. The molecule has 0 aliphatic carbocycles. The van der Waals surface area contributed by atoms with Crippen molar-refractivity contribution in [1.82, 2.24) is 10.3 Å². The largest absolute Gasteiger partial charge is 0.494 e. The van der Waals surface area contributed by atoms with Crippen LogP contribution in [0.15, 0.2) is 65.6 Å². The van der Waals surface area contributed by atoms with Crippen molar-refractivity contribution in [3.05, 3.63) is 77.7 Å². The maximum Gasteiger partial charge on any atom is 0.270 e. The third kappa shape index (κ3) is 4.78. The first kappa shape index (κ1) is 20.5. The van der Waals surface area contributed by atoms with Gasteiger partial charge in [0.2, 0.25) is 0 Å². The number of nitrogens with zero attached hydrogens (tertiary/aromatic N) is 1. The minimum Gasteiger partial charge on any atom is -0.494 e. The zero-order valence-electron chi connectivity index (χ0n) is 15.8. The van der Waals surface area contributed by atoms with E-state index in [2.05, 4.69) is 10.3 Å². The summed E-state index contributed by atoms with van der Waals surface area (Å²) in [5, 5.41) is 2.72. The van der Waals surface area contributed by atoms with E-state index in [4.69, 9.17) is 4.74 Å². The van der Waals surface area contributed by atoms with Gasteiger partial charge in [0.25, 0.3) is 5.91 Å². The number of aromatic nitrogens is 1. The second-order valence-corrected chi connectivity index (χ2v) is 8.34. The maximum atomic E-state index is 14.5. The number of sulfone groups is 1. The van der Waals surface area contributed by atoms with Crippen molar-refractivity contribution in [3.8, 4) is 17.0 Å². The Morgan fingerprint density at radius 2 is 1.76 bits per heavy atom. The molecular formula is C21H19FN2O4S. The van der Waals surface area contributed by atoms with Crippen molar-refractivity contribution in [3.63, 3.8) is 0 Å². The second-order valence-electron chi connectivity index (χ2n) is 6.33. The molecule has 0 atom stereocenters. The molecule has 1 N–H and O–H groups in total. The van der Waals surface area contributed by atoms with Gasteiger partial charge < -0.3 is 10.1 Å². The normalized spacial score (nSPS) is 11.1. The monoisotopic (exact) mass is 414 g/mol. The fourth-order valence-electron chi connectivity index (χ4n) is 2.70. The van der Waals surface area contributed by atoms with Crippen molar-refractivity contribution in [2.45, 2.75) is 11.4 Å². The Bertz CT molecular complexity index is 1150. The quantitative estimate of drug-likeness (QED) is 0.669. The van der Waals surface area contributed by atoms with Gasteiger partial charge in [-0.05, 0) is 42.0 Å². The third-order valence-corrected chi connectivity index (χ3v) is 5.37. The van der Waals surface area contributed by atoms with Crippen LogP contribution in [0, 0.1) is 5.82 Å². The van der Waals surface area contributed by atoms with Gasteiger partial charge >= 0.3 is 0 Å². The molecule has 0 aliphatic heterocycles. The van der Waals surface area contributed by atoms with E-state index in [1.165, 1.54) is 31.4 Å². The minimum atomic E-state index is -3.27. The van der Waals surface area contributed by atoms with E-state index in [1.54, 1.807) is 36.4 Å². The first-order valence-corrected chi connectivity index (χ1v) is 10.6. The van der Waals surface area contributed by atoms with Gasteiger partial charge in [0.05, 0.1) is 17.7 Å². The zero-order valence-corrected chi connectivity index (χ0v) is 16.7. The van der Waals surface area contributed by atoms with E-state index in [9.17, 15) is 17.6 Å². The lowest BCUT2D eigenvalue weighted by molar-refractivity contribution is 0.0946. The molecule has 29 heavy (non-hydrogen) atoms. The molecule has 0 unspecified atom stereocenters. The standard InChI is InChI=1S/C21H19FN2O4S/c1-28-19-8-3-5-16(20(19)22)17-6-4-7-18(24-17)21(25)23-13-14-9-11-15(12-10-14)29(2,26)27/h3-12H,13H2,1-2H3,(H,23,25). The van der Waals surface area contributed by atoms with Crippen LogP contribution < -0.4 is 10.1 Å². The number of amides is 1. The number of benzene rings is 2. The second kappa shape index (κ2) is 8.40. The number of hydrogen-bond acceptors (Lipinski definition) is 5. The molecule has 0 saturated heterocycles. The highest BCUT2D eigenvalue weighted by molar-refractivity contribution is 7.90.